The number of carbonyl (C=O) groups excluding carboxylic acids is 2. The van der Waals surface area contributed by atoms with Gasteiger partial charge in [0.15, 0.2) is 5.78 Å². The van der Waals surface area contributed by atoms with Gasteiger partial charge in [-0.05, 0) is 76.3 Å². The molecule has 6 heteroatoms. The van der Waals surface area contributed by atoms with Gasteiger partial charge in [0, 0.05) is 18.5 Å². The first-order valence-corrected chi connectivity index (χ1v) is 11.5. The molecule has 32 heavy (non-hydrogen) atoms. The second kappa shape index (κ2) is 14.4. The number of ether oxygens (including phenoxy) is 1. The van der Waals surface area contributed by atoms with Gasteiger partial charge in [0.25, 0.3) is 5.91 Å². The molecular weight excluding hydrogens is 402 g/mol. The van der Waals surface area contributed by atoms with E-state index in [4.69, 9.17) is 4.74 Å². The summed E-state index contributed by atoms with van der Waals surface area (Å²) in [5, 5.41) is 6.27. The van der Waals surface area contributed by atoms with Crippen LogP contribution >= 0.6 is 0 Å². The SMILES string of the molecule is CCCNCCCC(=O)C(Cc1ccc(OCCN(C)C)cc1)NC(=O)c1ccccc1. The van der Waals surface area contributed by atoms with E-state index in [1.54, 1.807) is 12.1 Å². The zero-order valence-electron chi connectivity index (χ0n) is 19.6. The minimum Gasteiger partial charge on any atom is -0.492 e. The smallest absolute Gasteiger partial charge is 0.251 e. The third-order valence-electron chi connectivity index (χ3n) is 5.10. The molecule has 0 spiro atoms. The van der Waals surface area contributed by atoms with Crippen molar-refractivity contribution in [1.82, 2.24) is 15.5 Å². The van der Waals surface area contributed by atoms with Crippen molar-refractivity contribution < 1.29 is 14.3 Å². The average Bonchev–Trinajstić information content (AvgIpc) is 2.79. The lowest BCUT2D eigenvalue weighted by Crippen LogP contribution is -2.42. The van der Waals surface area contributed by atoms with E-state index in [2.05, 4.69) is 22.5 Å². The molecule has 0 radical (unpaired) electrons. The summed E-state index contributed by atoms with van der Waals surface area (Å²) in [6, 6.07) is 16.2. The predicted octanol–water partition coefficient (Wildman–Crippen LogP) is 3.32. The van der Waals surface area contributed by atoms with Crippen LogP contribution in [0, 0.1) is 0 Å². The number of Topliss-reactive ketones (excluding diaryl/α,β-unsaturated/α-hetero) is 1. The van der Waals surface area contributed by atoms with Gasteiger partial charge >= 0.3 is 0 Å². The fourth-order valence-corrected chi connectivity index (χ4v) is 3.24. The molecule has 0 heterocycles. The Morgan fingerprint density at radius 3 is 2.38 bits per heavy atom. The van der Waals surface area contributed by atoms with Crippen molar-refractivity contribution in [2.45, 2.75) is 38.6 Å². The summed E-state index contributed by atoms with van der Waals surface area (Å²) in [6.07, 6.45) is 2.72. The molecule has 2 aromatic rings. The number of rotatable bonds is 15. The standard InChI is InChI=1S/C26H37N3O3/c1-4-16-27-17-8-11-25(30)24(28-26(31)22-9-6-5-7-10-22)20-21-12-14-23(15-13-21)32-19-18-29(2)3/h5-7,9-10,12-15,24,27H,4,8,11,16-20H2,1-3H3,(H,28,31). The third kappa shape index (κ3) is 9.62. The zero-order valence-corrected chi connectivity index (χ0v) is 19.6. The Labute approximate surface area is 192 Å². The van der Waals surface area contributed by atoms with Crippen LogP contribution in [0.25, 0.3) is 0 Å². The lowest BCUT2D eigenvalue weighted by molar-refractivity contribution is -0.121. The monoisotopic (exact) mass is 439 g/mol. The minimum atomic E-state index is -0.561. The second-order valence-electron chi connectivity index (χ2n) is 8.21. The van der Waals surface area contributed by atoms with Gasteiger partial charge in [0.05, 0.1) is 6.04 Å². The van der Waals surface area contributed by atoms with Crippen molar-refractivity contribution in [2.24, 2.45) is 0 Å². The van der Waals surface area contributed by atoms with Gasteiger partial charge in [-0.25, -0.2) is 0 Å². The first-order chi connectivity index (χ1) is 15.5. The molecule has 2 rings (SSSR count). The van der Waals surface area contributed by atoms with Crippen LogP contribution in [0.4, 0.5) is 0 Å². The van der Waals surface area contributed by atoms with Gasteiger partial charge in [-0.3, -0.25) is 9.59 Å². The van der Waals surface area contributed by atoms with Crippen LogP contribution in [-0.2, 0) is 11.2 Å². The maximum atomic E-state index is 12.9. The molecule has 0 aromatic heterocycles. The molecule has 0 bridgehead atoms. The molecule has 1 unspecified atom stereocenters. The second-order valence-corrected chi connectivity index (χ2v) is 8.21. The average molecular weight is 440 g/mol. The molecule has 174 valence electrons. The van der Waals surface area contributed by atoms with Crippen LogP contribution in [0.2, 0.25) is 0 Å². The van der Waals surface area contributed by atoms with Crippen LogP contribution < -0.4 is 15.4 Å². The zero-order chi connectivity index (χ0) is 23.2. The number of likely N-dealkylation sites (N-methyl/N-ethyl adjacent to an activating group) is 1. The van der Waals surface area contributed by atoms with Crippen molar-refractivity contribution in [3.63, 3.8) is 0 Å². The molecule has 0 saturated heterocycles. The molecule has 0 aliphatic carbocycles. The van der Waals surface area contributed by atoms with Crippen LogP contribution in [-0.4, -0.2) is 63.0 Å². The minimum absolute atomic E-state index is 0.0545. The fourth-order valence-electron chi connectivity index (χ4n) is 3.24. The summed E-state index contributed by atoms with van der Waals surface area (Å²) < 4.78 is 5.75. The lowest BCUT2D eigenvalue weighted by Gasteiger charge is -2.18. The summed E-state index contributed by atoms with van der Waals surface area (Å²) in [4.78, 5) is 27.7. The molecular formula is C26H37N3O3. The van der Waals surface area contributed by atoms with Crippen molar-refractivity contribution in [1.29, 1.82) is 0 Å². The van der Waals surface area contributed by atoms with Gasteiger partial charge in [0.1, 0.15) is 12.4 Å². The number of benzene rings is 2. The highest BCUT2D eigenvalue weighted by molar-refractivity contribution is 5.98. The van der Waals surface area contributed by atoms with E-state index < -0.39 is 6.04 Å². The first kappa shape index (κ1) is 25.6. The van der Waals surface area contributed by atoms with Crippen LogP contribution in [0.5, 0.6) is 5.75 Å². The van der Waals surface area contributed by atoms with Crippen molar-refractivity contribution in [3.05, 3.63) is 65.7 Å². The summed E-state index contributed by atoms with van der Waals surface area (Å²) >= 11 is 0. The van der Waals surface area contributed by atoms with Crippen LogP contribution in [0.15, 0.2) is 54.6 Å². The van der Waals surface area contributed by atoms with Gasteiger partial charge in [-0.1, -0.05) is 37.3 Å². The summed E-state index contributed by atoms with van der Waals surface area (Å²) in [5.74, 6) is 0.629. The topological polar surface area (TPSA) is 70.7 Å². The number of nitrogens with zero attached hydrogens (tertiary/aromatic N) is 1. The normalized spacial score (nSPS) is 11.9. The van der Waals surface area contributed by atoms with E-state index in [1.807, 2.05) is 56.6 Å². The molecule has 0 fully saturated rings. The highest BCUT2D eigenvalue weighted by Crippen LogP contribution is 2.15. The van der Waals surface area contributed by atoms with Gasteiger partial charge in [-0.2, -0.15) is 0 Å². The van der Waals surface area contributed by atoms with E-state index >= 15 is 0 Å². The lowest BCUT2D eigenvalue weighted by atomic mass is 9.99. The van der Waals surface area contributed by atoms with Gasteiger partial charge in [0.2, 0.25) is 0 Å². The van der Waals surface area contributed by atoms with E-state index in [-0.39, 0.29) is 11.7 Å². The molecule has 0 saturated carbocycles. The number of nitrogens with one attached hydrogen (secondary N) is 2. The Morgan fingerprint density at radius 1 is 1.00 bits per heavy atom. The molecule has 1 amide bonds. The third-order valence-corrected chi connectivity index (χ3v) is 5.10. The van der Waals surface area contributed by atoms with Crippen molar-refractivity contribution in [3.8, 4) is 5.75 Å². The number of hydrogen-bond acceptors (Lipinski definition) is 5. The number of amides is 1. The largest absolute Gasteiger partial charge is 0.492 e. The fraction of sp³-hybridized carbons (Fsp3) is 0.462. The number of carbonyl (C=O) groups is 2. The molecule has 0 aliphatic rings. The Balaban J connectivity index is 1.99. The highest BCUT2D eigenvalue weighted by atomic mass is 16.5. The number of hydrogen-bond donors (Lipinski definition) is 2. The van der Waals surface area contributed by atoms with Crippen molar-refractivity contribution in [2.75, 3.05) is 40.3 Å². The maximum absolute atomic E-state index is 12.9. The maximum Gasteiger partial charge on any atom is 0.251 e. The van der Waals surface area contributed by atoms with E-state index in [1.165, 1.54) is 0 Å². The van der Waals surface area contributed by atoms with Crippen LogP contribution in [0.3, 0.4) is 0 Å². The first-order valence-electron chi connectivity index (χ1n) is 11.5. The van der Waals surface area contributed by atoms with E-state index in [9.17, 15) is 9.59 Å². The summed E-state index contributed by atoms with van der Waals surface area (Å²) in [7, 11) is 4.01. The van der Waals surface area contributed by atoms with Crippen molar-refractivity contribution >= 4 is 11.7 Å². The molecule has 2 N–H and O–H groups in total. The van der Waals surface area contributed by atoms with Gasteiger partial charge in [-0.15, -0.1) is 0 Å². The molecule has 2 aromatic carbocycles. The summed E-state index contributed by atoms with van der Waals surface area (Å²) in [5.41, 5.74) is 1.54. The van der Waals surface area contributed by atoms with E-state index in [0.717, 1.165) is 43.8 Å². The van der Waals surface area contributed by atoms with E-state index in [0.29, 0.717) is 25.0 Å². The van der Waals surface area contributed by atoms with Gasteiger partial charge < -0.3 is 20.3 Å². The Morgan fingerprint density at radius 2 is 1.72 bits per heavy atom. The predicted molar refractivity (Wildman–Crippen MR) is 129 cm³/mol. The molecule has 6 nitrogen and oxygen atoms in total. The Hall–Kier alpha value is -2.70. The summed E-state index contributed by atoms with van der Waals surface area (Å²) in [6.45, 7) is 5.33. The Kier molecular flexibility index (Phi) is 11.5. The Bertz CT molecular complexity index is 807. The number of ketones is 1. The molecule has 0 aliphatic heterocycles. The quantitative estimate of drug-likeness (QED) is 0.417. The highest BCUT2D eigenvalue weighted by Gasteiger charge is 2.21. The molecule has 1 atom stereocenters. The van der Waals surface area contributed by atoms with Crippen LogP contribution in [0.1, 0.15) is 42.1 Å².